The standard InChI is InChI=1S/C25H30F3N3O3/c1-25(2,3)34-24(33)29-17(9-16-10-20(27)21(28)12-19(16)26)11-23(32)30-13-18(14-30)31-8-4-5-22(31)15-6-7-15/h4-5,8,10,12,15,17-18H,6-7,9,11,13-14H2,1-3H3,(H,29,33)/t17-/m1/s1. The SMILES string of the molecule is CC(C)(C)OC(=O)N[C@@H](CC(=O)N1CC(n2cccc2C2CC2)C1)Cc1cc(F)c(F)cc1F. The van der Waals surface area contributed by atoms with Crippen molar-refractivity contribution >= 4 is 12.0 Å². The van der Waals surface area contributed by atoms with Gasteiger partial charge in [0.25, 0.3) is 0 Å². The number of hydrogen-bond acceptors (Lipinski definition) is 3. The van der Waals surface area contributed by atoms with Gasteiger partial charge in [-0.15, -0.1) is 0 Å². The van der Waals surface area contributed by atoms with Crippen molar-refractivity contribution < 1.29 is 27.5 Å². The van der Waals surface area contributed by atoms with Gasteiger partial charge in [0.05, 0.1) is 6.04 Å². The van der Waals surface area contributed by atoms with Crippen LogP contribution in [-0.2, 0) is 16.0 Å². The van der Waals surface area contributed by atoms with E-state index >= 15 is 0 Å². The molecule has 1 aliphatic carbocycles. The van der Waals surface area contributed by atoms with Gasteiger partial charge in [0.1, 0.15) is 11.4 Å². The highest BCUT2D eigenvalue weighted by Crippen LogP contribution is 2.42. The highest BCUT2D eigenvalue weighted by molar-refractivity contribution is 5.79. The van der Waals surface area contributed by atoms with Gasteiger partial charge in [0.15, 0.2) is 11.6 Å². The second kappa shape index (κ2) is 9.35. The number of amides is 2. The molecule has 0 bridgehead atoms. The summed E-state index contributed by atoms with van der Waals surface area (Å²) in [6, 6.07) is 4.72. The number of halogens is 3. The van der Waals surface area contributed by atoms with Gasteiger partial charge in [0, 0.05) is 43.5 Å². The van der Waals surface area contributed by atoms with Crippen molar-refractivity contribution in [1.82, 2.24) is 14.8 Å². The molecule has 1 aromatic carbocycles. The number of hydrogen-bond donors (Lipinski definition) is 1. The number of aromatic nitrogens is 1. The molecule has 1 saturated carbocycles. The second-order valence-corrected chi connectivity index (χ2v) is 10.2. The lowest BCUT2D eigenvalue weighted by atomic mass is 10.00. The molecule has 2 heterocycles. The molecule has 4 rings (SSSR count). The number of ether oxygens (including phenoxy) is 1. The Balaban J connectivity index is 1.41. The maximum Gasteiger partial charge on any atom is 0.407 e. The molecule has 1 atom stereocenters. The third kappa shape index (κ3) is 5.74. The molecule has 2 aliphatic rings. The molecule has 34 heavy (non-hydrogen) atoms. The van der Waals surface area contributed by atoms with Crippen LogP contribution in [0.4, 0.5) is 18.0 Å². The number of nitrogens with zero attached hydrogens (tertiary/aromatic N) is 2. The van der Waals surface area contributed by atoms with Gasteiger partial charge in [0.2, 0.25) is 5.91 Å². The Kier molecular flexibility index (Phi) is 6.64. The zero-order chi connectivity index (χ0) is 24.6. The smallest absolute Gasteiger partial charge is 0.407 e. The molecule has 1 N–H and O–H groups in total. The molecule has 0 radical (unpaired) electrons. The number of carbonyl (C=O) groups excluding carboxylic acids is 2. The molecule has 2 aromatic rings. The van der Waals surface area contributed by atoms with Crippen molar-refractivity contribution in [3.63, 3.8) is 0 Å². The zero-order valence-electron chi connectivity index (χ0n) is 19.6. The minimum atomic E-state index is -1.30. The van der Waals surface area contributed by atoms with Crippen LogP contribution < -0.4 is 5.32 Å². The van der Waals surface area contributed by atoms with E-state index in [1.807, 2.05) is 12.3 Å². The van der Waals surface area contributed by atoms with Crippen LogP contribution in [0.3, 0.4) is 0 Å². The van der Waals surface area contributed by atoms with Gasteiger partial charge < -0.3 is 19.5 Å². The first-order chi connectivity index (χ1) is 16.0. The van der Waals surface area contributed by atoms with Gasteiger partial charge >= 0.3 is 6.09 Å². The maximum atomic E-state index is 14.2. The van der Waals surface area contributed by atoms with Gasteiger partial charge in [-0.25, -0.2) is 18.0 Å². The minimum absolute atomic E-state index is 0.119. The van der Waals surface area contributed by atoms with E-state index in [4.69, 9.17) is 4.74 Å². The Morgan fingerprint density at radius 1 is 1.12 bits per heavy atom. The molecule has 184 valence electrons. The van der Waals surface area contributed by atoms with Crippen LogP contribution in [0.1, 0.15) is 63.3 Å². The van der Waals surface area contributed by atoms with E-state index in [1.165, 1.54) is 18.5 Å². The fraction of sp³-hybridized carbons (Fsp3) is 0.520. The first-order valence-corrected chi connectivity index (χ1v) is 11.6. The van der Waals surface area contributed by atoms with E-state index < -0.39 is 35.2 Å². The summed E-state index contributed by atoms with van der Waals surface area (Å²) in [4.78, 5) is 27.0. The summed E-state index contributed by atoms with van der Waals surface area (Å²) in [5, 5.41) is 2.59. The van der Waals surface area contributed by atoms with Crippen molar-refractivity contribution in [2.75, 3.05) is 13.1 Å². The maximum absolute atomic E-state index is 14.2. The van der Waals surface area contributed by atoms with Gasteiger partial charge in [-0.3, -0.25) is 4.79 Å². The number of rotatable bonds is 7. The molecule has 6 nitrogen and oxygen atoms in total. The van der Waals surface area contributed by atoms with Gasteiger partial charge in [-0.05, 0) is 69.7 Å². The quantitative estimate of drug-likeness (QED) is 0.589. The summed E-state index contributed by atoms with van der Waals surface area (Å²) in [6.07, 6.45) is 3.35. The van der Waals surface area contributed by atoms with Crippen molar-refractivity contribution in [3.8, 4) is 0 Å². The molecule has 2 amide bonds. The van der Waals surface area contributed by atoms with E-state index in [9.17, 15) is 22.8 Å². The van der Waals surface area contributed by atoms with Gasteiger partial charge in [-0.2, -0.15) is 0 Å². The fourth-order valence-corrected chi connectivity index (χ4v) is 4.27. The Hall–Kier alpha value is -2.97. The van der Waals surface area contributed by atoms with Crippen molar-refractivity contribution in [1.29, 1.82) is 0 Å². The Bertz CT molecular complexity index is 1070. The molecular formula is C25H30F3N3O3. The third-order valence-electron chi connectivity index (χ3n) is 6.11. The predicted molar refractivity (Wildman–Crippen MR) is 120 cm³/mol. The topological polar surface area (TPSA) is 63.6 Å². The van der Waals surface area contributed by atoms with E-state index in [2.05, 4.69) is 16.0 Å². The molecular weight excluding hydrogens is 447 g/mol. The average Bonchev–Trinajstić information content (AvgIpc) is 3.41. The van der Waals surface area contributed by atoms with E-state index in [0.29, 0.717) is 25.1 Å². The van der Waals surface area contributed by atoms with Crippen LogP contribution in [0.2, 0.25) is 0 Å². The summed E-state index contributed by atoms with van der Waals surface area (Å²) >= 11 is 0. The predicted octanol–water partition coefficient (Wildman–Crippen LogP) is 4.69. The molecule has 0 unspecified atom stereocenters. The van der Waals surface area contributed by atoms with Crippen molar-refractivity contribution in [3.05, 3.63) is 59.2 Å². The lowest BCUT2D eigenvalue weighted by Crippen LogP contribution is -2.53. The summed E-state index contributed by atoms with van der Waals surface area (Å²) in [5.74, 6) is -3.03. The van der Waals surface area contributed by atoms with Crippen LogP contribution in [0, 0.1) is 17.5 Å². The van der Waals surface area contributed by atoms with Gasteiger partial charge in [-0.1, -0.05) is 0 Å². The lowest BCUT2D eigenvalue weighted by molar-refractivity contribution is -0.137. The van der Waals surface area contributed by atoms with Crippen LogP contribution in [-0.4, -0.2) is 46.2 Å². The average molecular weight is 478 g/mol. The van der Waals surface area contributed by atoms with Crippen LogP contribution in [0.15, 0.2) is 30.5 Å². The summed E-state index contributed by atoms with van der Waals surface area (Å²) in [6.45, 7) is 6.18. The molecule has 0 spiro atoms. The second-order valence-electron chi connectivity index (χ2n) is 10.2. The van der Waals surface area contributed by atoms with Crippen molar-refractivity contribution in [2.45, 2.75) is 70.1 Å². The highest BCUT2D eigenvalue weighted by Gasteiger charge is 2.36. The first-order valence-electron chi connectivity index (χ1n) is 11.6. The lowest BCUT2D eigenvalue weighted by Gasteiger charge is -2.41. The van der Waals surface area contributed by atoms with Crippen LogP contribution in [0.25, 0.3) is 0 Å². The first kappa shape index (κ1) is 24.2. The van der Waals surface area contributed by atoms with Crippen LogP contribution >= 0.6 is 0 Å². The zero-order valence-corrected chi connectivity index (χ0v) is 19.6. The highest BCUT2D eigenvalue weighted by atomic mass is 19.2. The third-order valence-corrected chi connectivity index (χ3v) is 6.11. The number of benzene rings is 1. The summed E-state index contributed by atoms with van der Waals surface area (Å²) < 4.78 is 48.8. The molecule has 1 aliphatic heterocycles. The number of nitrogens with one attached hydrogen (secondary N) is 1. The van der Waals surface area contributed by atoms with E-state index in [0.717, 1.165) is 6.07 Å². The number of likely N-dealkylation sites (tertiary alicyclic amines) is 1. The monoisotopic (exact) mass is 477 g/mol. The Morgan fingerprint density at radius 3 is 2.44 bits per heavy atom. The fourth-order valence-electron chi connectivity index (χ4n) is 4.27. The van der Waals surface area contributed by atoms with Crippen molar-refractivity contribution in [2.24, 2.45) is 0 Å². The molecule has 9 heteroatoms. The molecule has 1 aromatic heterocycles. The molecule has 2 fully saturated rings. The van der Waals surface area contributed by atoms with E-state index in [1.54, 1.807) is 25.7 Å². The number of carbonyl (C=O) groups is 2. The van der Waals surface area contributed by atoms with Crippen LogP contribution in [0.5, 0.6) is 0 Å². The Labute approximate surface area is 197 Å². The van der Waals surface area contributed by atoms with E-state index in [-0.39, 0.29) is 30.4 Å². The largest absolute Gasteiger partial charge is 0.444 e. The normalized spacial score (nSPS) is 17.3. The summed E-state index contributed by atoms with van der Waals surface area (Å²) in [5.41, 5.74) is 0.401. The summed E-state index contributed by atoms with van der Waals surface area (Å²) in [7, 11) is 0. The minimum Gasteiger partial charge on any atom is -0.444 e. The number of alkyl carbamates (subject to hydrolysis) is 1. The Morgan fingerprint density at radius 2 is 1.79 bits per heavy atom. The molecule has 1 saturated heterocycles.